The number of nitrogens with one attached hydrogen (secondary N) is 2. The molecule has 0 fully saturated rings. The third-order valence-electron chi connectivity index (χ3n) is 3.60. The van der Waals surface area contributed by atoms with Gasteiger partial charge in [-0.2, -0.15) is 5.10 Å². The molecule has 0 saturated heterocycles. The first-order chi connectivity index (χ1) is 12.1. The lowest BCUT2D eigenvalue weighted by molar-refractivity contribution is 0.789. The second kappa shape index (κ2) is 7.63. The van der Waals surface area contributed by atoms with Crippen molar-refractivity contribution in [1.29, 1.82) is 0 Å². The van der Waals surface area contributed by atoms with E-state index in [2.05, 4.69) is 31.4 Å². The van der Waals surface area contributed by atoms with Crippen molar-refractivity contribution < 1.29 is 0 Å². The van der Waals surface area contributed by atoms with Crippen molar-refractivity contribution in [2.75, 3.05) is 5.32 Å². The average molecular weight is 351 g/mol. The van der Waals surface area contributed by atoms with Crippen LogP contribution in [0.15, 0.2) is 60.0 Å². The molecule has 25 heavy (non-hydrogen) atoms. The van der Waals surface area contributed by atoms with E-state index in [9.17, 15) is 0 Å². The Kier molecular flexibility index (Phi) is 5.10. The number of nitrogens with zero attached hydrogens (tertiary/aromatic N) is 5. The highest BCUT2D eigenvalue weighted by Crippen LogP contribution is 2.13. The molecule has 0 aliphatic rings. The molecule has 2 N–H and O–H groups in total. The Labute approximate surface area is 150 Å². The number of thiocarbonyl (C=S) groups is 1. The van der Waals surface area contributed by atoms with Crippen molar-refractivity contribution in [3.05, 3.63) is 66.0 Å². The predicted octanol–water partition coefficient (Wildman–Crippen LogP) is 2.68. The second-order valence-electron chi connectivity index (χ2n) is 5.38. The largest absolute Gasteiger partial charge is 0.331 e. The number of aryl methyl sites for hydroxylation is 1. The molecule has 2 aromatic carbocycles. The number of hydrogen-bond acceptors (Lipinski definition) is 5. The van der Waals surface area contributed by atoms with Gasteiger partial charge in [-0.05, 0) is 65.8 Å². The van der Waals surface area contributed by atoms with Crippen molar-refractivity contribution in [2.45, 2.75) is 13.8 Å². The summed E-state index contributed by atoms with van der Waals surface area (Å²) in [6.07, 6.45) is 1.55. The summed E-state index contributed by atoms with van der Waals surface area (Å²) in [4.78, 5) is 0. The zero-order valence-corrected chi connectivity index (χ0v) is 14.7. The van der Waals surface area contributed by atoms with E-state index in [-0.39, 0.29) is 0 Å². The molecule has 126 valence electrons. The highest BCUT2D eigenvalue weighted by atomic mass is 32.1. The van der Waals surface area contributed by atoms with E-state index in [0.717, 1.165) is 28.2 Å². The number of anilines is 1. The number of benzene rings is 2. The molecule has 0 aliphatic carbocycles. The van der Waals surface area contributed by atoms with Gasteiger partial charge in [-0.25, -0.2) is 4.68 Å². The molecule has 3 rings (SSSR count). The van der Waals surface area contributed by atoms with Gasteiger partial charge in [0.25, 0.3) is 0 Å². The van der Waals surface area contributed by atoms with Crippen molar-refractivity contribution in [3.8, 4) is 5.69 Å². The zero-order valence-electron chi connectivity index (χ0n) is 13.8. The summed E-state index contributed by atoms with van der Waals surface area (Å²) in [5.74, 6) is 0. The van der Waals surface area contributed by atoms with Crippen LogP contribution in [-0.4, -0.2) is 31.0 Å². The van der Waals surface area contributed by atoms with Crippen molar-refractivity contribution in [3.63, 3.8) is 0 Å². The summed E-state index contributed by atoms with van der Waals surface area (Å²) < 4.78 is 1.59. The Morgan fingerprint density at radius 2 is 2.00 bits per heavy atom. The SMILES string of the molecule is C/C(=N/NC(=S)Nc1ccccc1C)c1cccc(-n2cnnn2)c1. The average Bonchev–Trinajstić information content (AvgIpc) is 3.16. The number of tetrazole rings is 1. The normalized spacial score (nSPS) is 11.2. The Bertz CT molecular complexity index is 903. The fraction of sp³-hybridized carbons (Fsp3) is 0.118. The summed E-state index contributed by atoms with van der Waals surface area (Å²) in [6, 6.07) is 15.7. The molecule has 7 nitrogen and oxygen atoms in total. The summed E-state index contributed by atoms with van der Waals surface area (Å²) in [5.41, 5.74) is 7.53. The van der Waals surface area contributed by atoms with Crippen LogP contribution in [0.3, 0.4) is 0 Å². The highest BCUT2D eigenvalue weighted by Gasteiger charge is 2.04. The summed E-state index contributed by atoms with van der Waals surface area (Å²) >= 11 is 5.29. The van der Waals surface area contributed by atoms with Crippen LogP contribution in [-0.2, 0) is 0 Å². The van der Waals surface area contributed by atoms with Crippen molar-refractivity contribution in [2.24, 2.45) is 5.10 Å². The van der Waals surface area contributed by atoms with Crippen LogP contribution < -0.4 is 10.7 Å². The molecular formula is C17H17N7S. The minimum Gasteiger partial charge on any atom is -0.331 e. The van der Waals surface area contributed by atoms with Crippen LogP contribution in [0, 0.1) is 6.92 Å². The van der Waals surface area contributed by atoms with E-state index in [0.29, 0.717) is 5.11 Å². The maximum absolute atomic E-state index is 5.29. The topological polar surface area (TPSA) is 80.0 Å². The third kappa shape index (κ3) is 4.24. The van der Waals surface area contributed by atoms with E-state index >= 15 is 0 Å². The Morgan fingerprint density at radius 3 is 2.76 bits per heavy atom. The lowest BCUT2D eigenvalue weighted by Gasteiger charge is -2.10. The minimum absolute atomic E-state index is 0.435. The van der Waals surface area contributed by atoms with Crippen LogP contribution in [0.5, 0.6) is 0 Å². The van der Waals surface area contributed by atoms with Gasteiger partial charge in [-0.15, -0.1) is 5.10 Å². The van der Waals surface area contributed by atoms with Gasteiger partial charge in [-0.3, -0.25) is 5.43 Å². The third-order valence-corrected chi connectivity index (χ3v) is 3.79. The maximum Gasteiger partial charge on any atom is 0.191 e. The van der Waals surface area contributed by atoms with E-state index in [1.165, 1.54) is 0 Å². The molecule has 3 aromatic rings. The molecule has 0 spiro atoms. The van der Waals surface area contributed by atoms with E-state index < -0.39 is 0 Å². The van der Waals surface area contributed by atoms with Crippen LogP contribution >= 0.6 is 12.2 Å². The first-order valence-corrected chi connectivity index (χ1v) is 8.05. The fourth-order valence-corrected chi connectivity index (χ4v) is 2.37. The second-order valence-corrected chi connectivity index (χ2v) is 5.79. The van der Waals surface area contributed by atoms with Gasteiger partial charge in [0, 0.05) is 5.69 Å². The summed E-state index contributed by atoms with van der Waals surface area (Å²) in [5, 5.41) is 19.1. The van der Waals surface area contributed by atoms with E-state index in [1.807, 2.05) is 62.4 Å². The lowest BCUT2D eigenvalue weighted by Crippen LogP contribution is -2.25. The molecule has 0 atom stereocenters. The number of aromatic nitrogens is 4. The molecule has 0 radical (unpaired) electrons. The maximum atomic E-state index is 5.29. The van der Waals surface area contributed by atoms with E-state index in [1.54, 1.807) is 11.0 Å². The number of para-hydroxylation sites is 1. The van der Waals surface area contributed by atoms with Crippen molar-refractivity contribution in [1.82, 2.24) is 25.6 Å². The van der Waals surface area contributed by atoms with Gasteiger partial charge in [0.15, 0.2) is 5.11 Å². The summed E-state index contributed by atoms with van der Waals surface area (Å²) in [7, 11) is 0. The molecule has 0 bridgehead atoms. The fourth-order valence-electron chi connectivity index (χ4n) is 2.22. The molecule has 0 aliphatic heterocycles. The molecule has 0 unspecified atom stereocenters. The number of hydrazone groups is 1. The Balaban J connectivity index is 1.68. The van der Waals surface area contributed by atoms with Gasteiger partial charge in [0.05, 0.1) is 11.4 Å². The van der Waals surface area contributed by atoms with Crippen LogP contribution in [0.4, 0.5) is 5.69 Å². The van der Waals surface area contributed by atoms with Gasteiger partial charge in [0.1, 0.15) is 6.33 Å². The standard InChI is InChI=1S/C17H17N7S/c1-12-6-3-4-9-16(12)19-17(25)21-20-13(2)14-7-5-8-15(10-14)24-11-18-22-23-24/h3-11H,1-2H3,(H2,19,21,25)/b20-13-. The van der Waals surface area contributed by atoms with Gasteiger partial charge >= 0.3 is 0 Å². The highest BCUT2D eigenvalue weighted by molar-refractivity contribution is 7.80. The first-order valence-electron chi connectivity index (χ1n) is 7.64. The first kappa shape index (κ1) is 16.7. The van der Waals surface area contributed by atoms with Gasteiger partial charge in [0.2, 0.25) is 0 Å². The molecule has 0 amide bonds. The molecule has 1 aromatic heterocycles. The van der Waals surface area contributed by atoms with Crippen LogP contribution in [0.1, 0.15) is 18.1 Å². The molecule has 0 saturated carbocycles. The lowest BCUT2D eigenvalue weighted by atomic mass is 10.1. The quantitative estimate of drug-likeness (QED) is 0.427. The Hall–Kier alpha value is -3.13. The van der Waals surface area contributed by atoms with Gasteiger partial charge < -0.3 is 5.32 Å². The smallest absolute Gasteiger partial charge is 0.191 e. The summed E-state index contributed by atoms with van der Waals surface area (Å²) in [6.45, 7) is 3.92. The van der Waals surface area contributed by atoms with Crippen LogP contribution in [0.25, 0.3) is 5.69 Å². The Morgan fingerprint density at radius 1 is 1.16 bits per heavy atom. The predicted molar refractivity (Wildman–Crippen MR) is 102 cm³/mol. The number of rotatable bonds is 4. The van der Waals surface area contributed by atoms with Crippen LogP contribution in [0.2, 0.25) is 0 Å². The monoisotopic (exact) mass is 351 g/mol. The number of hydrogen-bond donors (Lipinski definition) is 2. The van der Waals surface area contributed by atoms with Crippen molar-refractivity contribution >= 4 is 28.7 Å². The molecular weight excluding hydrogens is 334 g/mol. The minimum atomic E-state index is 0.435. The molecule has 1 heterocycles. The van der Waals surface area contributed by atoms with E-state index in [4.69, 9.17) is 12.2 Å². The zero-order chi connectivity index (χ0) is 17.6. The van der Waals surface area contributed by atoms with Gasteiger partial charge in [-0.1, -0.05) is 30.3 Å². The molecule has 8 heteroatoms.